The summed E-state index contributed by atoms with van der Waals surface area (Å²) < 4.78 is 10.7. The lowest BCUT2D eigenvalue weighted by Gasteiger charge is -2.22. The van der Waals surface area contributed by atoms with Gasteiger partial charge in [0.1, 0.15) is 11.9 Å². The third-order valence-electron chi connectivity index (χ3n) is 6.15. The SMILES string of the molecule is CN=C(NCc1cccc(NC(=O)C2CCCO2)c1)N1CCC(c2ccc(OC)cc2)C1.I. The second kappa shape index (κ2) is 12.2. The minimum Gasteiger partial charge on any atom is -0.497 e. The van der Waals surface area contributed by atoms with Crippen LogP contribution in [-0.4, -0.2) is 56.7 Å². The molecule has 2 saturated heterocycles. The zero-order valence-corrected chi connectivity index (χ0v) is 21.6. The Balaban J connectivity index is 0.00000306. The third-order valence-corrected chi connectivity index (χ3v) is 6.15. The third kappa shape index (κ3) is 6.60. The standard InChI is InChI=1S/C25H32N4O3.HI/c1-26-25(29-13-12-20(17-29)19-8-10-22(31-2)11-9-19)27-16-18-5-3-6-21(15-18)28-24(30)23-7-4-14-32-23;/h3,5-6,8-11,15,20,23H,4,7,12-14,16-17H2,1-2H3,(H,26,27)(H,28,30);1H. The molecule has 2 atom stereocenters. The number of rotatable bonds is 6. The molecule has 1 amide bonds. The maximum absolute atomic E-state index is 12.3. The van der Waals surface area contributed by atoms with Crippen LogP contribution in [-0.2, 0) is 16.1 Å². The van der Waals surface area contributed by atoms with Crippen molar-refractivity contribution >= 4 is 41.5 Å². The molecule has 0 bridgehead atoms. The molecule has 178 valence electrons. The maximum atomic E-state index is 12.3. The number of halogens is 1. The lowest BCUT2D eigenvalue weighted by Crippen LogP contribution is -2.39. The molecule has 2 aromatic carbocycles. The second-order valence-corrected chi connectivity index (χ2v) is 8.30. The van der Waals surface area contributed by atoms with Gasteiger partial charge < -0.3 is 25.0 Å². The van der Waals surface area contributed by atoms with Crippen LogP contribution in [0.1, 0.15) is 36.3 Å². The highest BCUT2D eigenvalue weighted by atomic mass is 127. The highest BCUT2D eigenvalue weighted by Gasteiger charge is 2.26. The van der Waals surface area contributed by atoms with Gasteiger partial charge in [-0.2, -0.15) is 0 Å². The van der Waals surface area contributed by atoms with Crippen molar-refractivity contribution in [3.05, 3.63) is 59.7 Å². The summed E-state index contributed by atoms with van der Waals surface area (Å²) in [7, 11) is 3.51. The first-order chi connectivity index (χ1) is 15.7. The molecule has 2 fully saturated rings. The van der Waals surface area contributed by atoms with Crippen molar-refractivity contribution in [2.24, 2.45) is 4.99 Å². The van der Waals surface area contributed by atoms with Gasteiger partial charge in [0, 0.05) is 44.9 Å². The molecule has 2 aromatic rings. The fraction of sp³-hybridized carbons (Fsp3) is 0.440. The molecular weight excluding hydrogens is 531 g/mol. The quantitative estimate of drug-likeness (QED) is 0.316. The first-order valence-electron chi connectivity index (χ1n) is 11.3. The lowest BCUT2D eigenvalue weighted by molar-refractivity contribution is -0.124. The van der Waals surface area contributed by atoms with E-state index in [4.69, 9.17) is 9.47 Å². The Hall–Kier alpha value is -2.33. The summed E-state index contributed by atoms with van der Waals surface area (Å²) in [5.74, 6) is 2.20. The number of guanidine groups is 1. The first-order valence-corrected chi connectivity index (χ1v) is 11.3. The number of hydrogen-bond acceptors (Lipinski definition) is 4. The highest BCUT2D eigenvalue weighted by molar-refractivity contribution is 14.0. The van der Waals surface area contributed by atoms with Crippen LogP contribution in [0.4, 0.5) is 5.69 Å². The second-order valence-electron chi connectivity index (χ2n) is 8.30. The van der Waals surface area contributed by atoms with Gasteiger partial charge in [-0.3, -0.25) is 9.79 Å². The molecule has 2 aliphatic heterocycles. The van der Waals surface area contributed by atoms with Gasteiger partial charge in [-0.15, -0.1) is 24.0 Å². The van der Waals surface area contributed by atoms with Gasteiger partial charge in [0.25, 0.3) is 5.91 Å². The van der Waals surface area contributed by atoms with Crippen LogP contribution in [0.5, 0.6) is 5.75 Å². The van der Waals surface area contributed by atoms with Crippen LogP contribution >= 0.6 is 24.0 Å². The molecule has 2 aliphatic rings. The van der Waals surface area contributed by atoms with Crippen molar-refractivity contribution in [3.8, 4) is 5.75 Å². The van der Waals surface area contributed by atoms with Crippen molar-refractivity contribution in [2.75, 3.05) is 39.2 Å². The summed E-state index contributed by atoms with van der Waals surface area (Å²) in [6.07, 6.45) is 2.50. The Kier molecular flexibility index (Phi) is 9.37. The minimum absolute atomic E-state index is 0. The van der Waals surface area contributed by atoms with E-state index in [9.17, 15) is 4.79 Å². The average molecular weight is 564 g/mol. The normalized spacial score (nSPS) is 20.3. The molecule has 7 nitrogen and oxygen atoms in total. The molecule has 33 heavy (non-hydrogen) atoms. The van der Waals surface area contributed by atoms with E-state index in [-0.39, 0.29) is 36.0 Å². The topological polar surface area (TPSA) is 75.2 Å². The Morgan fingerprint density at radius 2 is 2.03 bits per heavy atom. The number of likely N-dealkylation sites (tertiary alicyclic amines) is 1. The van der Waals surface area contributed by atoms with Crippen molar-refractivity contribution < 1.29 is 14.3 Å². The molecule has 0 spiro atoms. The smallest absolute Gasteiger partial charge is 0.253 e. The summed E-state index contributed by atoms with van der Waals surface area (Å²) >= 11 is 0. The van der Waals surface area contributed by atoms with Crippen LogP contribution in [0.2, 0.25) is 0 Å². The highest BCUT2D eigenvalue weighted by Crippen LogP contribution is 2.28. The van der Waals surface area contributed by atoms with Crippen molar-refractivity contribution in [1.29, 1.82) is 0 Å². The van der Waals surface area contributed by atoms with Crippen LogP contribution in [0.25, 0.3) is 0 Å². The van der Waals surface area contributed by atoms with E-state index in [1.165, 1.54) is 5.56 Å². The number of benzene rings is 2. The molecule has 0 aliphatic carbocycles. The summed E-state index contributed by atoms with van der Waals surface area (Å²) in [6.45, 7) is 3.20. The molecule has 8 heteroatoms. The van der Waals surface area contributed by atoms with E-state index in [0.29, 0.717) is 19.1 Å². The molecule has 2 heterocycles. The van der Waals surface area contributed by atoms with Crippen LogP contribution in [0.15, 0.2) is 53.5 Å². The molecule has 0 aromatic heterocycles. The Morgan fingerprint density at radius 1 is 1.21 bits per heavy atom. The number of carbonyl (C=O) groups is 1. The van der Waals surface area contributed by atoms with E-state index in [2.05, 4.69) is 32.7 Å². The summed E-state index contributed by atoms with van der Waals surface area (Å²) in [5.41, 5.74) is 3.21. The Labute approximate surface area is 213 Å². The largest absolute Gasteiger partial charge is 0.497 e. The molecule has 0 saturated carbocycles. The van der Waals surface area contributed by atoms with E-state index in [1.54, 1.807) is 7.11 Å². The summed E-state index contributed by atoms with van der Waals surface area (Å²) in [5, 5.41) is 6.44. The van der Waals surface area contributed by atoms with Gasteiger partial charge in [0.2, 0.25) is 0 Å². The monoisotopic (exact) mass is 564 g/mol. The van der Waals surface area contributed by atoms with Crippen LogP contribution in [0.3, 0.4) is 0 Å². The van der Waals surface area contributed by atoms with E-state index < -0.39 is 0 Å². The van der Waals surface area contributed by atoms with Gasteiger partial charge in [0.05, 0.1) is 7.11 Å². The molecular formula is C25H33IN4O3. The number of nitrogens with one attached hydrogen (secondary N) is 2. The van der Waals surface area contributed by atoms with Gasteiger partial charge >= 0.3 is 0 Å². The summed E-state index contributed by atoms with van der Waals surface area (Å²) in [4.78, 5) is 19.1. The molecule has 4 rings (SSSR count). The van der Waals surface area contributed by atoms with E-state index in [0.717, 1.165) is 55.3 Å². The lowest BCUT2D eigenvalue weighted by atomic mass is 9.98. The van der Waals surface area contributed by atoms with Crippen molar-refractivity contribution in [3.63, 3.8) is 0 Å². The number of carbonyl (C=O) groups excluding carboxylic acids is 1. The fourth-order valence-corrected chi connectivity index (χ4v) is 4.38. The zero-order valence-electron chi connectivity index (χ0n) is 19.3. The summed E-state index contributed by atoms with van der Waals surface area (Å²) in [6, 6.07) is 16.3. The number of anilines is 1. The van der Waals surface area contributed by atoms with Gasteiger partial charge in [-0.1, -0.05) is 24.3 Å². The number of aliphatic imine (C=N–C) groups is 1. The number of hydrogen-bond donors (Lipinski definition) is 2. The average Bonchev–Trinajstić information content (AvgIpc) is 3.53. The molecule has 2 N–H and O–H groups in total. The zero-order chi connectivity index (χ0) is 22.3. The van der Waals surface area contributed by atoms with E-state index >= 15 is 0 Å². The Bertz CT molecular complexity index is 945. The van der Waals surface area contributed by atoms with Crippen molar-refractivity contribution in [1.82, 2.24) is 10.2 Å². The van der Waals surface area contributed by atoms with E-state index in [1.807, 2.05) is 43.4 Å². The van der Waals surface area contributed by atoms with Gasteiger partial charge in [-0.05, 0) is 54.7 Å². The fourth-order valence-electron chi connectivity index (χ4n) is 4.38. The predicted molar refractivity (Wildman–Crippen MR) is 142 cm³/mol. The number of nitrogens with zero attached hydrogens (tertiary/aromatic N) is 2. The predicted octanol–water partition coefficient (Wildman–Crippen LogP) is 4.00. The van der Waals surface area contributed by atoms with Crippen LogP contribution < -0.4 is 15.4 Å². The molecule has 0 radical (unpaired) electrons. The van der Waals surface area contributed by atoms with Gasteiger partial charge in [0.15, 0.2) is 5.96 Å². The number of methoxy groups -OCH3 is 1. The maximum Gasteiger partial charge on any atom is 0.253 e. The van der Waals surface area contributed by atoms with Gasteiger partial charge in [-0.25, -0.2) is 0 Å². The minimum atomic E-state index is -0.329. The van der Waals surface area contributed by atoms with Crippen LogP contribution in [0, 0.1) is 0 Å². The van der Waals surface area contributed by atoms with Crippen molar-refractivity contribution in [2.45, 2.75) is 37.8 Å². The Morgan fingerprint density at radius 3 is 2.73 bits per heavy atom. The number of amides is 1. The molecule has 2 unspecified atom stereocenters. The number of ether oxygens (including phenoxy) is 2. The first kappa shape index (κ1) is 25.3.